The highest BCUT2D eigenvalue weighted by Crippen LogP contribution is 2.39. The number of oxazole rings is 1. The van der Waals surface area contributed by atoms with Crippen LogP contribution in [0.4, 0.5) is 0 Å². The van der Waals surface area contributed by atoms with Crippen LogP contribution in [0.2, 0.25) is 0 Å². The molecule has 18 heavy (non-hydrogen) atoms. The van der Waals surface area contributed by atoms with Crippen molar-refractivity contribution >= 4 is 0 Å². The Balaban J connectivity index is 1.46. The summed E-state index contributed by atoms with van der Waals surface area (Å²) in [6.45, 7) is 3.43. The molecule has 0 amide bonds. The van der Waals surface area contributed by atoms with Crippen molar-refractivity contribution in [1.82, 2.24) is 10.3 Å². The topological polar surface area (TPSA) is 38.1 Å². The highest BCUT2D eigenvalue weighted by atomic mass is 16.4. The number of aryl methyl sites for hydroxylation is 1. The van der Waals surface area contributed by atoms with E-state index >= 15 is 0 Å². The lowest BCUT2D eigenvalue weighted by Gasteiger charge is -2.10. The highest BCUT2D eigenvalue weighted by Gasteiger charge is 2.27. The second-order valence-corrected chi connectivity index (χ2v) is 6.00. The lowest BCUT2D eigenvalue weighted by Crippen LogP contribution is -2.17. The van der Waals surface area contributed by atoms with Gasteiger partial charge in [0.15, 0.2) is 5.89 Å². The van der Waals surface area contributed by atoms with Crippen molar-refractivity contribution in [2.45, 2.75) is 63.8 Å². The van der Waals surface area contributed by atoms with Gasteiger partial charge < -0.3 is 9.73 Å². The summed E-state index contributed by atoms with van der Waals surface area (Å²) in [6.07, 6.45) is 10.8. The van der Waals surface area contributed by atoms with Gasteiger partial charge in [-0.15, -0.1) is 0 Å². The van der Waals surface area contributed by atoms with Gasteiger partial charge in [-0.25, -0.2) is 4.98 Å². The van der Waals surface area contributed by atoms with Crippen LogP contribution in [0.5, 0.6) is 0 Å². The molecule has 2 atom stereocenters. The van der Waals surface area contributed by atoms with Gasteiger partial charge in [-0.05, 0) is 44.6 Å². The second-order valence-electron chi connectivity index (χ2n) is 6.00. The maximum atomic E-state index is 5.92. The van der Waals surface area contributed by atoms with Crippen LogP contribution in [0.15, 0.2) is 10.6 Å². The molecule has 2 fully saturated rings. The fraction of sp³-hybridized carbons (Fsp3) is 0.800. The van der Waals surface area contributed by atoms with Crippen molar-refractivity contribution in [1.29, 1.82) is 0 Å². The normalized spacial score (nSPS) is 27.8. The van der Waals surface area contributed by atoms with Gasteiger partial charge in [0, 0.05) is 18.4 Å². The maximum Gasteiger partial charge on any atom is 0.194 e. The number of rotatable bonds is 6. The Labute approximate surface area is 109 Å². The van der Waals surface area contributed by atoms with Crippen LogP contribution in [0.1, 0.15) is 63.0 Å². The largest absolute Gasteiger partial charge is 0.445 e. The van der Waals surface area contributed by atoms with Crippen LogP contribution in [-0.2, 0) is 6.42 Å². The van der Waals surface area contributed by atoms with Crippen molar-refractivity contribution in [3.05, 3.63) is 17.8 Å². The zero-order valence-corrected chi connectivity index (χ0v) is 11.3. The lowest BCUT2D eigenvalue weighted by atomic mass is 9.96. The van der Waals surface area contributed by atoms with Gasteiger partial charge in [-0.2, -0.15) is 0 Å². The maximum absolute atomic E-state index is 5.92. The van der Waals surface area contributed by atoms with E-state index in [4.69, 9.17) is 4.42 Å². The molecule has 2 unspecified atom stereocenters. The first kappa shape index (κ1) is 12.2. The minimum atomic E-state index is 0.621. The van der Waals surface area contributed by atoms with Crippen LogP contribution in [-0.4, -0.2) is 17.6 Å². The minimum Gasteiger partial charge on any atom is -0.445 e. The van der Waals surface area contributed by atoms with Crippen LogP contribution >= 0.6 is 0 Å². The van der Waals surface area contributed by atoms with E-state index < -0.39 is 0 Å². The Kier molecular flexibility index (Phi) is 3.69. The van der Waals surface area contributed by atoms with Crippen LogP contribution in [0.3, 0.4) is 0 Å². The second kappa shape index (κ2) is 5.43. The molecule has 1 aromatic rings. The first-order valence-corrected chi connectivity index (χ1v) is 7.51. The number of nitrogens with one attached hydrogen (secondary N) is 1. The van der Waals surface area contributed by atoms with E-state index in [0.717, 1.165) is 43.0 Å². The molecule has 3 nitrogen and oxygen atoms in total. The summed E-state index contributed by atoms with van der Waals surface area (Å²) < 4.78 is 5.92. The Morgan fingerprint density at radius 1 is 1.33 bits per heavy atom. The van der Waals surface area contributed by atoms with Crippen molar-refractivity contribution in [2.24, 2.45) is 5.92 Å². The molecule has 0 radical (unpaired) electrons. The quantitative estimate of drug-likeness (QED) is 0.785. The van der Waals surface area contributed by atoms with Crippen molar-refractivity contribution < 1.29 is 4.42 Å². The molecule has 0 aromatic carbocycles. The highest BCUT2D eigenvalue weighted by molar-refractivity contribution is 5.05. The molecule has 1 N–H and O–H groups in total. The SMILES string of the molecule is CC1CCCC1c1cnc(CCCNC2CC2)o1. The summed E-state index contributed by atoms with van der Waals surface area (Å²) in [4.78, 5) is 4.43. The third kappa shape index (κ3) is 2.94. The van der Waals surface area contributed by atoms with Gasteiger partial charge in [0.2, 0.25) is 0 Å². The predicted molar refractivity (Wildman–Crippen MR) is 71.6 cm³/mol. The molecule has 0 aliphatic heterocycles. The smallest absolute Gasteiger partial charge is 0.194 e. The zero-order valence-electron chi connectivity index (χ0n) is 11.3. The van der Waals surface area contributed by atoms with Gasteiger partial charge in [-0.3, -0.25) is 0 Å². The monoisotopic (exact) mass is 248 g/mol. The van der Waals surface area contributed by atoms with Crippen molar-refractivity contribution in [3.8, 4) is 0 Å². The number of aromatic nitrogens is 1. The van der Waals surface area contributed by atoms with Gasteiger partial charge in [0.1, 0.15) is 5.76 Å². The molecule has 0 spiro atoms. The van der Waals surface area contributed by atoms with Crippen LogP contribution in [0, 0.1) is 5.92 Å². The van der Waals surface area contributed by atoms with E-state index in [1.54, 1.807) is 0 Å². The third-order valence-corrected chi connectivity index (χ3v) is 4.38. The summed E-state index contributed by atoms with van der Waals surface area (Å²) >= 11 is 0. The molecule has 100 valence electrons. The third-order valence-electron chi connectivity index (χ3n) is 4.38. The Hall–Kier alpha value is -0.830. The zero-order chi connectivity index (χ0) is 12.4. The standard InChI is InChI=1S/C15H24N2O/c1-11-4-2-5-13(11)14-10-17-15(18-14)6-3-9-16-12-7-8-12/h10-13,16H,2-9H2,1H3. The predicted octanol–water partition coefficient (Wildman–Crippen LogP) is 3.26. The molecule has 0 bridgehead atoms. The molecular formula is C15H24N2O. The fourth-order valence-corrected chi connectivity index (χ4v) is 3.01. The average molecular weight is 248 g/mol. The van der Waals surface area contributed by atoms with E-state index in [1.807, 2.05) is 6.20 Å². The molecular weight excluding hydrogens is 224 g/mol. The van der Waals surface area contributed by atoms with Gasteiger partial charge >= 0.3 is 0 Å². The van der Waals surface area contributed by atoms with E-state index in [2.05, 4.69) is 17.2 Å². The lowest BCUT2D eigenvalue weighted by molar-refractivity contribution is 0.386. The Morgan fingerprint density at radius 2 is 2.22 bits per heavy atom. The molecule has 3 heteroatoms. The Morgan fingerprint density at radius 3 is 2.94 bits per heavy atom. The molecule has 1 heterocycles. The first-order valence-electron chi connectivity index (χ1n) is 7.51. The Bertz CT molecular complexity index is 384. The van der Waals surface area contributed by atoms with Crippen molar-refractivity contribution in [2.75, 3.05) is 6.54 Å². The summed E-state index contributed by atoms with van der Waals surface area (Å²) in [5.41, 5.74) is 0. The molecule has 1 aromatic heterocycles. The van der Waals surface area contributed by atoms with Crippen molar-refractivity contribution in [3.63, 3.8) is 0 Å². The molecule has 2 aliphatic carbocycles. The summed E-state index contributed by atoms with van der Waals surface area (Å²) in [5.74, 6) is 3.45. The number of hydrogen-bond acceptors (Lipinski definition) is 3. The fourth-order valence-electron chi connectivity index (χ4n) is 3.01. The molecule has 2 saturated carbocycles. The first-order chi connectivity index (χ1) is 8.83. The van der Waals surface area contributed by atoms with E-state index in [1.165, 1.54) is 32.1 Å². The summed E-state index contributed by atoms with van der Waals surface area (Å²) in [7, 11) is 0. The summed E-state index contributed by atoms with van der Waals surface area (Å²) in [5, 5.41) is 3.53. The van der Waals surface area contributed by atoms with Crippen LogP contribution < -0.4 is 5.32 Å². The molecule has 3 rings (SSSR count). The van der Waals surface area contributed by atoms with Crippen LogP contribution in [0.25, 0.3) is 0 Å². The van der Waals surface area contributed by atoms with E-state index in [0.29, 0.717) is 5.92 Å². The van der Waals surface area contributed by atoms with Gasteiger partial charge in [-0.1, -0.05) is 13.3 Å². The molecule has 2 aliphatic rings. The average Bonchev–Trinajstić information content (AvgIpc) is 2.90. The summed E-state index contributed by atoms with van der Waals surface area (Å²) in [6, 6.07) is 0.810. The van der Waals surface area contributed by atoms with Gasteiger partial charge in [0.25, 0.3) is 0 Å². The van der Waals surface area contributed by atoms with E-state index in [9.17, 15) is 0 Å². The minimum absolute atomic E-state index is 0.621. The number of hydrogen-bond donors (Lipinski definition) is 1. The number of nitrogens with zero attached hydrogens (tertiary/aromatic N) is 1. The van der Waals surface area contributed by atoms with Gasteiger partial charge in [0.05, 0.1) is 6.20 Å². The van der Waals surface area contributed by atoms with E-state index in [-0.39, 0.29) is 0 Å². The molecule has 0 saturated heterocycles.